The summed E-state index contributed by atoms with van der Waals surface area (Å²) in [5.74, 6) is -0.251. The van der Waals surface area contributed by atoms with Gasteiger partial charge in [0.25, 0.3) is 5.69 Å². The molecule has 0 aliphatic carbocycles. The van der Waals surface area contributed by atoms with Crippen molar-refractivity contribution in [2.75, 3.05) is 6.54 Å². The normalized spacial score (nSPS) is 20.6. The maximum absolute atomic E-state index is 11.9. The van der Waals surface area contributed by atoms with Crippen LogP contribution >= 0.6 is 12.4 Å². The number of nitrogens with two attached hydrogens (primary N) is 1. The molecule has 0 spiro atoms. The lowest BCUT2D eigenvalue weighted by Crippen LogP contribution is -2.35. The van der Waals surface area contributed by atoms with Crippen LogP contribution in [0.4, 0.5) is 5.69 Å². The van der Waals surface area contributed by atoms with E-state index in [9.17, 15) is 14.9 Å². The Balaban J connectivity index is 0.00000220. The molecule has 1 aliphatic heterocycles. The number of hydrogen-bond acceptors (Lipinski definition) is 5. The number of nitro groups is 1. The van der Waals surface area contributed by atoms with Gasteiger partial charge in [-0.15, -0.1) is 12.4 Å². The Hall–Kier alpha value is -1.70. The minimum absolute atomic E-state index is 0. The summed E-state index contributed by atoms with van der Waals surface area (Å²) >= 11 is 0. The van der Waals surface area contributed by atoms with Crippen LogP contribution in [0.2, 0.25) is 0 Å². The first-order valence-electron chi connectivity index (χ1n) is 6.47. The number of amides is 1. The molecule has 0 aromatic heterocycles. The number of nitrogens with zero attached hydrogens (tertiary/aromatic N) is 1. The van der Waals surface area contributed by atoms with E-state index in [4.69, 9.17) is 10.5 Å². The number of hydrogen-bond donors (Lipinski definition) is 2. The maximum Gasteiger partial charge on any atom is 0.274 e. The van der Waals surface area contributed by atoms with Crippen LogP contribution in [0.15, 0.2) is 24.3 Å². The first-order valence-corrected chi connectivity index (χ1v) is 6.47. The maximum atomic E-state index is 11.9. The zero-order chi connectivity index (χ0) is 14.5. The van der Waals surface area contributed by atoms with E-state index in [1.807, 2.05) is 0 Å². The van der Waals surface area contributed by atoms with Gasteiger partial charge in [0.05, 0.1) is 11.0 Å². The smallest absolute Gasteiger partial charge is 0.274 e. The van der Waals surface area contributed by atoms with Crippen LogP contribution in [-0.4, -0.2) is 29.6 Å². The highest BCUT2D eigenvalue weighted by Gasteiger charge is 2.29. The molecule has 8 heteroatoms. The SMILES string of the molecule is Cl.NC[C@H]1CC[C@@H](C(=O)NCc2ccccc2[N+](=O)[O-])O1. The summed E-state index contributed by atoms with van der Waals surface area (Å²) in [4.78, 5) is 22.3. The number of carbonyl (C=O) groups is 1. The number of carbonyl (C=O) groups excluding carboxylic acids is 1. The number of nitro benzene ring substituents is 1. The third kappa shape index (κ3) is 4.38. The van der Waals surface area contributed by atoms with Gasteiger partial charge in [-0.25, -0.2) is 0 Å². The van der Waals surface area contributed by atoms with Crippen molar-refractivity contribution in [2.24, 2.45) is 5.73 Å². The molecule has 116 valence electrons. The summed E-state index contributed by atoms with van der Waals surface area (Å²) in [5.41, 5.74) is 5.95. The van der Waals surface area contributed by atoms with Crippen molar-refractivity contribution in [1.82, 2.24) is 5.32 Å². The van der Waals surface area contributed by atoms with E-state index in [0.717, 1.165) is 6.42 Å². The molecule has 0 unspecified atom stereocenters. The molecule has 21 heavy (non-hydrogen) atoms. The zero-order valence-corrected chi connectivity index (χ0v) is 12.2. The van der Waals surface area contributed by atoms with E-state index >= 15 is 0 Å². The van der Waals surface area contributed by atoms with Gasteiger partial charge < -0.3 is 15.8 Å². The van der Waals surface area contributed by atoms with Gasteiger partial charge >= 0.3 is 0 Å². The van der Waals surface area contributed by atoms with E-state index in [1.165, 1.54) is 6.07 Å². The predicted molar refractivity (Wildman–Crippen MR) is 79.1 cm³/mol. The van der Waals surface area contributed by atoms with E-state index in [-0.39, 0.29) is 36.7 Å². The average molecular weight is 316 g/mol. The van der Waals surface area contributed by atoms with Crippen LogP contribution in [0, 0.1) is 10.1 Å². The van der Waals surface area contributed by atoms with Gasteiger partial charge in [-0.05, 0) is 12.8 Å². The second kappa shape index (κ2) is 7.92. The molecule has 1 amide bonds. The standard InChI is InChI=1S/C13H17N3O4.ClH/c14-7-10-5-6-12(20-10)13(17)15-8-9-3-1-2-4-11(9)16(18)19;/h1-4,10,12H,5-8,14H2,(H,15,17);1H/t10-,12+;/m1./s1. The Morgan fingerprint density at radius 2 is 2.14 bits per heavy atom. The predicted octanol–water partition coefficient (Wildman–Crippen LogP) is 1.14. The molecule has 1 aromatic rings. The van der Waals surface area contributed by atoms with E-state index < -0.39 is 11.0 Å². The third-order valence-corrected chi connectivity index (χ3v) is 3.30. The van der Waals surface area contributed by atoms with Crippen molar-refractivity contribution in [1.29, 1.82) is 0 Å². The molecule has 1 heterocycles. The molecule has 0 bridgehead atoms. The second-order valence-electron chi connectivity index (χ2n) is 4.66. The highest BCUT2D eigenvalue weighted by molar-refractivity contribution is 5.85. The summed E-state index contributed by atoms with van der Waals surface area (Å²) in [6, 6.07) is 6.33. The Bertz CT molecular complexity index is 512. The number of halogens is 1. The van der Waals surface area contributed by atoms with Crippen LogP contribution in [0.25, 0.3) is 0 Å². The molecule has 0 radical (unpaired) electrons. The van der Waals surface area contributed by atoms with Gasteiger partial charge in [0.1, 0.15) is 6.10 Å². The highest BCUT2D eigenvalue weighted by atomic mass is 35.5. The van der Waals surface area contributed by atoms with Gasteiger partial charge in [-0.3, -0.25) is 14.9 Å². The van der Waals surface area contributed by atoms with Crippen LogP contribution < -0.4 is 11.1 Å². The van der Waals surface area contributed by atoms with Gasteiger partial charge in [-0.2, -0.15) is 0 Å². The summed E-state index contributed by atoms with van der Waals surface area (Å²) in [6.07, 6.45) is 0.813. The van der Waals surface area contributed by atoms with E-state index in [0.29, 0.717) is 18.5 Å². The molecule has 1 fully saturated rings. The van der Waals surface area contributed by atoms with Crippen LogP contribution in [0.5, 0.6) is 0 Å². The highest BCUT2D eigenvalue weighted by Crippen LogP contribution is 2.20. The summed E-state index contributed by atoms with van der Waals surface area (Å²) in [6.45, 7) is 0.511. The molecule has 0 saturated carbocycles. The van der Waals surface area contributed by atoms with Gasteiger partial charge in [-0.1, -0.05) is 18.2 Å². The third-order valence-electron chi connectivity index (χ3n) is 3.30. The Labute approximate surface area is 128 Å². The molecule has 1 aromatic carbocycles. The largest absolute Gasteiger partial charge is 0.364 e. The van der Waals surface area contributed by atoms with Crippen molar-refractivity contribution in [3.63, 3.8) is 0 Å². The molecule has 2 rings (SSSR count). The van der Waals surface area contributed by atoms with Crippen LogP contribution in [-0.2, 0) is 16.1 Å². The first kappa shape index (κ1) is 17.4. The fourth-order valence-electron chi connectivity index (χ4n) is 2.21. The summed E-state index contributed by atoms with van der Waals surface area (Å²) in [7, 11) is 0. The Morgan fingerprint density at radius 1 is 1.43 bits per heavy atom. The summed E-state index contributed by atoms with van der Waals surface area (Å²) < 4.78 is 5.47. The van der Waals surface area contributed by atoms with Crippen LogP contribution in [0.1, 0.15) is 18.4 Å². The lowest BCUT2D eigenvalue weighted by atomic mass is 10.1. The fraction of sp³-hybridized carbons (Fsp3) is 0.462. The number of benzene rings is 1. The number of rotatable bonds is 5. The van der Waals surface area contributed by atoms with Gasteiger partial charge in [0, 0.05) is 24.7 Å². The van der Waals surface area contributed by atoms with Gasteiger partial charge in [0.15, 0.2) is 0 Å². The molecular formula is C13H18ClN3O4. The van der Waals surface area contributed by atoms with Crippen molar-refractivity contribution < 1.29 is 14.5 Å². The van der Waals surface area contributed by atoms with Gasteiger partial charge in [0.2, 0.25) is 5.91 Å². The second-order valence-corrected chi connectivity index (χ2v) is 4.66. The van der Waals surface area contributed by atoms with Crippen LogP contribution in [0.3, 0.4) is 0 Å². The Kier molecular flexibility index (Phi) is 6.54. The first-order chi connectivity index (χ1) is 9.61. The minimum atomic E-state index is -0.508. The quantitative estimate of drug-likeness (QED) is 0.625. The lowest BCUT2D eigenvalue weighted by molar-refractivity contribution is -0.385. The minimum Gasteiger partial charge on any atom is -0.364 e. The van der Waals surface area contributed by atoms with Crippen molar-refractivity contribution in [3.8, 4) is 0 Å². The monoisotopic (exact) mass is 315 g/mol. The Morgan fingerprint density at radius 3 is 2.76 bits per heavy atom. The molecule has 3 N–H and O–H groups in total. The molecule has 1 aliphatic rings. The number of ether oxygens (including phenoxy) is 1. The molecule has 1 saturated heterocycles. The lowest BCUT2D eigenvalue weighted by Gasteiger charge is -2.12. The van der Waals surface area contributed by atoms with E-state index in [2.05, 4.69) is 5.32 Å². The zero-order valence-electron chi connectivity index (χ0n) is 11.4. The molecular weight excluding hydrogens is 298 g/mol. The fourth-order valence-corrected chi connectivity index (χ4v) is 2.21. The molecule has 2 atom stereocenters. The van der Waals surface area contributed by atoms with Crippen molar-refractivity contribution in [2.45, 2.75) is 31.6 Å². The number of nitrogens with one attached hydrogen (secondary N) is 1. The number of para-hydroxylation sites is 1. The average Bonchev–Trinajstić information content (AvgIpc) is 2.94. The molecule has 7 nitrogen and oxygen atoms in total. The summed E-state index contributed by atoms with van der Waals surface area (Å²) in [5, 5.41) is 13.5. The topological polar surface area (TPSA) is 107 Å². The van der Waals surface area contributed by atoms with Crippen molar-refractivity contribution >= 4 is 24.0 Å². The van der Waals surface area contributed by atoms with Crippen molar-refractivity contribution in [3.05, 3.63) is 39.9 Å². The van der Waals surface area contributed by atoms with E-state index in [1.54, 1.807) is 18.2 Å².